The highest BCUT2D eigenvalue weighted by Gasteiger charge is 2.23. The Morgan fingerprint density at radius 1 is 0.941 bits per heavy atom. The summed E-state index contributed by atoms with van der Waals surface area (Å²) in [6, 6.07) is 25.5. The van der Waals surface area contributed by atoms with E-state index in [1.54, 1.807) is 0 Å². The normalized spacial score (nSPS) is 15.2. The first kappa shape index (κ1) is 24.7. The van der Waals surface area contributed by atoms with Gasteiger partial charge >= 0.3 is 0 Å². The van der Waals surface area contributed by atoms with Gasteiger partial charge in [0, 0.05) is 22.6 Å². The molecule has 1 aliphatic carbocycles. The molecule has 178 valence electrons. The average Bonchev–Trinajstić information content (AvgIpc) is 2.88. The Balaban J connectivity index is 1.22. The number of amides is 1. The van der Waals surface area contributed by atoms with E-state index in [2.05, 4.69) is 63.4 Å². The summed E-state index contributed by atoms with van der Waals surface area (Å²) >= 11 is 3.63. The molecule has 4 heteroatoms. The van der Waals surface area contributed by atoms with Gasteiger partial charge in [0.15, 0.2) is 0 Å². The Labute approximate surface area is 212 Å². The Bertz CT molecular complexity index is 1060. The Kier molecular flexibility index (Phi) is 8.95. The minimum atomic E-state index is 0.0134. The first-order valence-corrected chi connectivity index (χ1v) is 13.4. The molecule has 1 atom stereocenters. The van der Waals surface area contributed by atoms with Crippen LogP contribution in [0.4, 0.5) is 0 Å². The van der Waals surface area contributed by atoms with Crippen LogP contribution in [-0.2, 0) is 12.8 Å². The third-order valence-corrected chi connectivity index (χ3v) is 7.30. The smallest absolute Gasteiger partial charge is 0.251 e. The van der Waals surface area contributed by atoms with Crippen molar-refractivity contribution >= 4 is 21.8 Å². The molecule has 0 fully saturated rings. The molecule has 4 rings (SSSR count). The van der Waals surface area contributed by atoms with Crippen molar-refractivity contribution in [3.63, 3.8) is 0 Å². The first-order chi connectivity index (χ1) is 16.6. The zero-order valence-electron chi connectivity index (χ0n) is 20.1. The molecule has 3 nitrogen and oxygen atoms in total. The van der Waals surface area contributed by atoms with Gasteiger partial charge in [-0.2, -0.15) is 0 Å². The number of nitrogens with zero attached hydrogens (tertiary/aromatic N) is 1. The lowest BCUT2D eigenvalue weighted by molar-refractivity contribution is 0.0952. The minimum absolute atomic E-state index is 0.0134. The van der Waals surface area contributed by atoms with Gasteiger partial charge in [0.05, 0.1) is 0 Å². The Morgan fingerprint density at radius 2 is 1.71 bits per heavy atom. The van der Waals surface area contributed by atoms with Crippen LogP contribution in [0.3, 0.4) is 0 Å². The molecular formula is C30H35BrN2O. The summed E-state index contributed by atoms with van der Waals surface area (Å²) in [4.78, 5) is 15.2. The Morgan fingerprint density at radius 3 is 2.47 bits per heavy atom. The zero-order chi connectivity index (χ0) is 23.8. The summed E-state index contributed by atoms with van der Waals surface area (Å²) in [6.45, 7) is 5.24. The highest BCUT2D eigenvalue weighted by atomic mass is 79.9. The summed E-state index contributed by atoms with van der Waals surface area (Å²) in [7, 11) is 0. The maximum atomic E-state index is 12.6. The van der Waals surface area contributed by atoms with Crippen molar-refractivity contribution in [1.82, 2.24) is 10.2 Å². The van der Waals surface area contributed by atoms with E-state index in [0.29, 0.717) is 6.04 Å². The fourth-order valence-corrected chi connectivity index (χ4v) is 5.38. The monoisotopic (exact) mass is 518 g/mol. The van der Waals surface area contributed by atoms with Crippen LogP contribution in [0.25, 0.3) is 11.1 Å². The fraction of sp³-hybridized carbons (Fsp3) is 0.367. The van der Waals surface area contributed by atoms with E-state index in [0.717, 1.165) is 50.0 Å². The van der Waals surface area contributed by atoms with Gasteiger partial charge in [0.25, 0.3) is 5.91 Å². The highest BCUT2D eigenvalue weighted by Crippen LogP contribution is 2.27. The SMILES string of the molecule is CCCN(CCCCNC(=O)c1ccc(-c2ccccc2)cc1)[C@@H]1CCc2ccc(Br)cc2C1. The van der Waals surface area contributed by atoms with Crippen molar-refractivity contribution in [3.05, 3.63) is 94.0 Å². The summed E-state index contributed by atoms with van der Waals surface area (Å²) < 4.78 is 1.18. The van der Waals surface area contributed by atoms with Crippen molar-refractivity contribution in [2.24, 2.45) is 0 Å². The quantitative estimate of drug-likeness (QED) is 0.296. The van der Waals surface area contributed by atoms with Crippen molar-refractivity contribution in [2.75, 3.05) is 19.6 Å². The van der Waals surface area contributed by atoms with E-state index in [1.807, 2.05) is 42.5 Å². The number of hydrogen-bond donors (Lipinski definition) is 1. The molecule has 0 radical (unpaired) electrons. The van der Waals surface area contributed by atoms with Crippen LogP contribution in [0.15, 0.2) is 77.3 Å². The maximum Gasteiger partial charge on any atom is 0.251 e. The Hall–Kier alpha value is -2.43. The highest BCUT2D eigenvalue weighted by molar-refractivity contribution is 9.10. The number of nitrogens with one attached hydrogen (secondary N) is 1. The number of fused-ring (bicyclic) bond motifs is 1. The number of halogens is 1. The summed E-state index contributed by atoms with van der Waals surface area (Å²) in [5.74, 6) is 0.0134. The molecular weight excluding hydrogens is 484 g/mol. The van der Waals surface area contributed by atoms with Crippen molar-refractivity contribution in [3.8, 4) is 11.1 Å². The minimum Gasteiger partial charge on any atom is -0.352 e. The number of carbonyl (C=O) groups excluding carboxylic acids is 1. The van der Waals surface area contributed by atoms with Gasteiger partial charge in [-0.1, -0.05) is 71.4 Å². The largest absolute Gasteiger partial charge is 0.352 e. The molecule has 0 spiro atoms. The summed E-state index contributed by atoms with van der Waals surface area (Å²) in [6.07, 6.45) is 6.84. The molecule has 0 unspecified atom stereocenters. The van der Waals surface area contributed by atoms with Crippen LogP contribution in [0.1, 0.15) is 54.1 Å². The second-order valence-electron chi connectivity index (χ2n) is 9.25. The van der Waals surface area contributed by atoms with Crippen LogP contribution >= 0.6 is 15.9 Å². The molecule has 0 aromatic heterocycles. The topological polar surface area (TPSA) is 32.3 Å². The average molecular weight is 520 g/mol. The molecule has 0 saturated carbocycles. The lowest BCUT2D eigenvalue weighted by Crippen LogP contribution is -2.40. The summed E-state index contributed by atoms with van der Waals surface area (Å²) in [5, 5.41) is 3.10. The van der Waals surface area contributed by atoms with Crippen molar-refractivity contribution in [1.29, 1.82) is 0 Å². The number of rotatable bonds is 10. The molecule has 1 N–H and O–H groups in total. The van der Waals surface area contributed by atoms with E-state index < -0.39 is 0 Å². The standard InChI is InChI=1S/C30H35BrN2O/c1-2-19-33(29-17-15-25-14-16-28(31)21-27(25)22-29)20-7-6-18-32-30(34)26-12-10-24(11-13-26)23-8-4-3-5-9-23/h3-5,8-14,16,21,29H,2,6-7,15,17-20,22H2,1H3,(H,32,34)/t29-/m1/s1. The number of carbonyl (C=O) groups is 1. The van der Waals surface area contributed by atoms with Crippen LogP contribution in [0.2, 0.25) is 0 Å². The molecule has 34 heavy (non-hydrogen) atoms. The summed E-state index contributed by atoms with van der Waals surface area (Å²) in [5.41, 5.74) is 6.03. The van der Waals surface area contributed by atoms with E-state index in [-0.39, 0.29) is 5.91 Å². The second kappa shape index (κ2) is 12.3. The van der Waals surface area contributed by atoms with E-state index in [1.165, 1.54) is 40.4 Å². The molecule has 0 saturated heterocycles. The van der Waals surface area contributed by atoms with Gasteiger partial charge < -0.3 is 10.2 Å². The van der Waals surface area contributed by atoms with Gasteiger partial charge in [-0.15, -0.1) is 0 Å². The number of unbranched alkanes of at least 4 members (excludes halogenated alkanes) is 1. The van der Waals surface area contributed by atoms with Crippen LogP contribution in [0, 0.1) is 0 Å². The van der Waals surface area contributed by atoms with E-state index in [4.69, 9.17) is 0 Å². The fourth-order valence-electron chi connectivity index (χ4n) is 4.97. The van der Waals surface area contributed by atoms with Crippen molar-refractivity contribution < 1.29 is 4.79 Å². The van der Waals surface area contributed by atoms with E-state index in [9.17, 15) is 4.79 Å². The number of benzene rings is 3. The molecule has 0 aliphatic heterocycles. The van der Waals surface area contributed by atoms with E-state index >= 15 is 0 Å². The molecule has 3 aromatic rings. The van der Waals surface area contributed by atoms with Gasteiger partial charge in [-0.25, -0.2) is 0 Å². The predicted molar refractivity (Wildman–Crippen MR) is 145 cm³/mol. The van der Waals surface area contributed by atoms with Gasteiger partial charge in [0.2, 0.25) is 0 Å². The van der Waals surface area contributed by atoms with Gasteiger partial charge in [0.1, 0.15) is 0 Å². The molecule has 0 heterocycles. The van der Waals surface area contributed by atoms with Crippen LogP contribution in [-0.4, -0.2) is 36.5 Å². The number of hydrogen-bond acceptors (Lipinski definition) is 2. The van der Waals surface area contributed by atoms with Crippen molar-refractivity contribution in [2.45, 2.75) is 51.5 Å². The molecule has 1 amide bonds. The lowest BCUT2D eigenvalue weighted by Gasteiger charge is -2.35. The third-order valence-electron chi connectivity index (χ3n) is 6.81. The molecule has 3 aromatic carbocycles. The van der Waals surface area contributed by atoms with Crippen LogP contribution < -0.4 is 5.32 Å². The first-order valence-electron chi connectivity index (χ1n) is 12.6. The predicted octanol–water partition coefficient (Wildman–Crippen LogP) is 6.90. The van der Waals surface area contributed by atoms with Gasteiger partial charge in [-0.05, 0) is 98.1 Å². The molecule has 1 aliphatic rings. The number of aryl methyl sites for hydroxylation is 1. The zero-order valence-corrected chi connectivity index (χ0v) is 21.7. The maximum absolute atomic E-state index is 12.6. The van der Waals surface area contributed by atoms with Crippen LogP contribution in [0.5, 0.6) is 0 Å². The third kappa shape index (κ3) is 6.58. The second-order valence-corrected chi connectivity index (χ2v) is 10.2. The lowest BCUT2D eigenvalue weighted by atomic mass is 9.87. The molecule has 0 bridgehead atoms. The van der Waals surface area contributed by atoms with Gasteiger partial charge in [-0.3, -0.25) is 4.79 Å².